The van der Waals surface area contributed by atoms with Gasteiger partial charge in [0.25, 0.3) is 5.91 Å². The average molecular weight is 411 g/mol. The van der Waals surface area contributed by atoms with E-state index in [1.165, 1.54) is 17.7 Å². The molecule has 1 saturated heterocycles. The highest BCUT2D eigenvalue weighted by atomic mass is 32.1. The van der Waals surface area contributed by atoms with Gasteiger partial charge in [-0.3, -0.25) is 4.79 Å². The molecule has 2 aromatic rings. The third kappa shape index (κ3) is 5.15. The Labute approximate surface area is 177 Å². The van der Waals surface area contributed by atoms with E-state index in [9.17, 15) is 4.79 Å². The Morgan fingerprint density at radius 2 is 1.79 bits per heavy atom. The summed E-state index contributed by atoms with van der Waals surface area (Å²) in [5, 5.41) is 3.35. The van der Waals surface area contributed by atoms with E-state index in [0.29, 0.717) is 28.9 Å². The second-order valence-electron chi connectivity index (χ2n) is 6.65. The van der Waals surface area contributed by atoms with Gasteiger partial charge >= 0.3 is 0 Å². The van der Waals surface area contributed by atoms with Gasteiger partial charge in [-0.1, -0.05) is 44.0 Å². The molecule has 6 heteroatoms. The molecule has 1 amide bonds. The lowest BCUT2D eigenvalue weighted by Crippen LogP contribution is -2.30. The number of carbonyl (C=O) groups is 1. The van der Waals surface area contributed by atoms with Crippen LogP contribution in [0.25, 0.3) is 6.08 Å². The van der Waals surface area contributed by atoms with Gasteiger partial charge in [0.15, 0.2) is 5.11 Å². The first-order chi connectivity index (χ1) is 14.1. The van der Waals surface area contributed by atoms with E-state index < -0.39 is 0 Å². The number of para-hydroxylation sites is 2. The van der Waals surface area contributed by atoms with Crippen LogP contribution in [0.4, 0.5) is 5.69 Å². The normalized spacial score (nSPS) is 15.0. The zero-order valence-electron chi connectivity index (χ0n) is 16.8. The molecule has 29 heavy (non-hydrogen) atoms. The van der Waals surface area contributed by atoms with Gasteiger partial charge in [-0.2, -0.15) is 0 Å². The summed E-state index contributed by atoms with van der Waals surface area (Å²) in [6, 6.07) is 15.1. The summed E-state index contributed by atoms with van der Waals surface area (Å²) in [5.74, 6) is 1.25. The minimum atomic E-state index is -0.206. The molecular weight excluding hydrogens is 384 g/mol. The molecule has 5 nitrogen and oxygen atoms in total. The fraction of sp³-hybridized carbons (Fsp3) is 0.304. The van der Waals surface area contributed by atoms with Gasteiger partial charge in [0.2, 0.25) is 0 Å². The number of amides is 1. The standard InChI is InChI=1S/C23H26N2O3S/c1-3-5-8-15-28-18-13-11-17(12-14-18)16-19-22(26)25(23(29)24-19)20-9-6-7-10-21(20)27-4-2/h6-7,9-14,16H,3-5,8,15H2,1-2H3,(H,24,29)/b19-16+. The number of rotatable bonds is 9. The Bertz CT molecular complexity index is 893. The van der Waals surface area contributed by atoms with Crippen LogP contribution in [0.15, 0.2) is 54.2 Å². The predicted molar refractivity (Wildman–Crippen MR) is 120 cm³/mol. The van der Waals surface area contributed by atoms with Crippen molar-refractivity contribution in [3.05, 3.63) is 59.8 Å². The predicted octanol–water partition coefficient (Wildman–Crippen LogP) is 4.92. The highest BCUT2D eigenvalue weighted by molar-refractivity contribution is 7.80. The van der Waals surface area contributed by atoms with Crippen molar-refractivity contribution < 1.29 is 14.3 Å². The van der Waals surface area contributed by atoms with Crippen LogP contribution in [0.1, 0.15) is 38.7 Å². The lowest BCUT2D eigenvalue weighted by atomic mass is 10.2. The first-order valence-electron chi connectivity index (χ1n) is 9.95. The first-order valence-corrected chi connectivity index (χ1v) is 10.4. The van der Waals surface area contributed by atoms with Crippen molar-refractivity contribution in [2.45, 2.75) is 33.1 Å². The zero-order valence-corrected chi connectivity index (χ0v) is 17.6. The molecule has 0 unspecified atom stereocenters. The van der Waals surface area contributed by atoms with Crippen molar-refractivity contribution >= 4 is 35.0 Å². The SMILES string of the molecule is CCCCCOc1ccc(/C=C2/NC(=S)N(c3ccccc3OCC)C2=O)cc1. The van der Waals surface area contributed by atoms with Gasteiger partial charge in [0.1, 0.15) is 17.2 Å². The van der Waals surface area contributed by atoms with Crippen LogP contribution in [-0.4, -0.2) is 24.2 Å². The molecular formula is C23H26N2O3S. The lowest BCUT2D eigenvalue weighted by Gasteiger charge is -2.17. The number of nitrogens with zero attached hydrogens (tertiary/aromatic N) is 1. The fourth-order valence-electron chi connectivity index (χ4n) is 3.04. The van der Waals surface area contributed by atoms with Crippen molar-refractivity contribution in [2.24, 2.45) is 0 Å². The maximum Gasteiger partial charge on any atom is 0.281 e. The molecule has 1 aliphatic heterocycles. The number of thiocarbonyl (C=S) groups is 1. The third-order valence-corrected chi connectivity index (χ3v) is 4.78. The third-order valence-electron chi connectivity index (χ3n) is 4.49. The Balaban J connectivity index is 1.73. The van der Waals surface area contributed by atoms with E-state index in [1.54, 1.807) is 6.08 Å². The summed E-state index contributed by atoms with van der Waals surface area (Å²) in [4.78, 5) is 14.4. The van der Waals surface area contributed by atoms with Crippen LogP contribution in [0.2, 0.25) is 0 Å². The molecule has 3 rings (SSSR count). The molecule has 0 atom stereocenters. The number of nitrogens with one attached hydrogen (secondary N) is 1. The number of benzene rings is 2. The lowest BCUT2D eigenvalue weighted by molar-refractivity contribution is -0.113. The first kappa shape index (κ1) is 20.9. The number of anilines is 1. The number of hydrogen-bond acceptors (Lipinski definition) is 4. The summed E-state index contributed by atoms with van der Waals surface area (Å²) in [5.41, 5.74) is 1.96. The van der Waals surface area contributed by atoms with Gasteiger partial charge in [-0.25, -0.2) is 4.90 Å². The van der Waals surface area contributed by atoms with Gasteiger partial charge < -0.3 is 14.8 Å². The van der Waals surface area contributed by atoms with E-state index in [-0.39, 0.29) is 5.91 Å². The summed E-state index contributed by atoms with van der Waals surface area (Å²) in [6.45, 7) is 5.30. The van der Waals surface area contributed by atoms with Crippen molar-refractivity contribution in [1.29, 1.82) is 0 Å². The van der Waals surface area contributed by atoms with Gasteiger partial charge in [-0.15, -0.1) is 0 Å². The highest BCUT2D eigenvalue weighted by Crippen LogP contribution is 2.31. The Morgan fingerprint density at radius 1 is 1.03 bits per heavy atom. The maximum atomic E-state index is 13.0. The fourth-order valence-corrected chi connectivity index (χ4v) is 3.33. The Morgan fingerprint density at radius 3 is 2.52 bits per heavy atom. The molecule has 0 radical (unpaired) electrons. The minimum absolute atomic E-state index is 0.206. The maximum absolute atomic E-state index is 13.0. The molecule has 1 fully saturated rings. The Hall–Kier alpha value is -2.86. The van der Waals surface area contributed by atoms with Crippen LogP contribution >= 0.6 is 12.2 Å². The number of ether oxygens (including phenoxy) is 2. The Kier molecular flexibility index (Phi) is 7.25. The monoisotopic (exact) mass is 410 g/mol. The molecule has 0 bridgehead atoms. The van der Waals surface area contributed by atoms with E-state index >= 15 is 0 Å². The number of carbonyl (C=O) groups excluding carboxylic acids is 1. The quantitative estimate of drug-likeness (QED) is 0.361. The number of unbranched alkanes of at least 4 members (excludes halogenated alkanes) is 2. The molecule has 0 aromatic heterocycles. The van der Waals surface area contributed by atoms with Crippen LogP contribution in [0, 0.1) is 0 Å². The van der Waals surface area contributed by atoms with E-state index in [1.807, 2.05) is 55.5 Å². The number of hydrogen-bond donors (Lipinski definition) is 1. The average Bonchev–Trinajstić information content (AvgIpc) is 3.00. The summed E-state index contributed by atoms with van der Waals surface area (Å²) >= 11 is 5.40. The molecule has 1 N–H and O–H groups in total. The molecule has 152 valence electrons. The molecule has 0 spiro atoms. The smallest absolute Gasteiger partial charge is 0.281 e. The minimum Gasteiger partial charge on any atom is -0.494 e. The molecule has 0 aliphatic carbocycles. The second-order valence-corrected chi connectivity index (χ2v) is 7.04. The van der Waals surface area contributed by atoms with E-state index in [0.717, 1.165) is 24.3 Å². The van der Waals surface area contributed by atoms with Gasteiger partial charge in [0.05, 0.1) is 18.9 Å². The van der Waals surface area contributed by atoms with Crippen LogP contribution in [0.3, 0.4) is 0 Å². The molecule has 1 aliphatic rings. The van der Waals surface area contributed by atoms with Crippen molar-refractivity contribution in [3.8, 4) is 11.5 Å². The molecule has 0 saturated carbocycles. The summed E-state index contributed by atoms with van der Waals surface area (Å²) < 4.78 is 11.4. The van der Waals surface area contributed by atoms with Crippen molar-refractivity contribution in [1.82, 2.24) is 5.32 Å². The van der Waals surface area contributed by atoms with Crippen molar-refractivity contribution in [3.63, 3.8) is 0 Å². The van der Waals surface area contributed by atoms with Crippen LogP contribution < -0.4 is 19.7 Å². The van der Waals surface area contributed by atoms with Crippen molar-refractivity contribution in [2.75, 3.05) is 18.1 Å². The van der Waals surface area contributed by atoms with Crippen LogP contribution in [-0.2, 0) is 4.79 Å². The van der Waals surface area contributed by atoms with Crippen LogP contribution in [0.5, 0.6) is 11.5 Å². The highest BCUT2D eigenvalue weighted by Gasteiger charge is 2.33. The van der Waals surface area contributed by atoms with E-state index in [4.69, 9.17) is 21.7 Å². The topological polar surface area (TPSA) is 50.8 Å². The van der Waals surface area contributed by atoms with Gasteiger partial charge in [0, 0.05) is 0 Å². The molecule has 2 aromatic carbocycles. The second kappa shape index (κ2) is 10.1. The zero-order chi connectivity index (χ0) is 20.6. The van der Waals surface area contributed by atoms with E-state index in [2.05, 4.69) is 12.2 Å². The summed E-state index contributed by atoms with van der Waals surface area (Å²) in [7, 11) is 0. The molecule has 1 heterocycles. The summed E-state index contributed by atoms with van der Waals surface area (Å²) in [6.07, 6.45) is 5.18. The van der Waals surface area contributed by atoms with Gasteiger partial charge in [-0.05, 0) is 61.5 Å². The largest absolute Gasteiger partial charge is 0.494 e.